The van der Waals surface area contributed by atoms with Crippen molar-refractivity contribution in [3.8, 4) is 28.3 Å². The van der Waals surface area contributed by atoms with E-state index in [1.165, 1.54) is 0 Å². The van der Waals surface area contributed by atoms with E-state index in [0.717, 1.165) is 27.9 Å². The highest BCUT2D eigenvalue weighted by molar-refractivity contribution is 5.87. The Kier molecular flexibility index (Phi) is 5.34. The summed E-state index contributed by atoms with van der Waals surface area (Å²) in [6, 6.07) is 30.7. The van der Waals surface area contributed by atoms with Crippen LogP contribution in [0.15, 0.2) is 97.1 Å². The van der Waals surface area contributed by atoms with Gasteiger partial charge < -0.3 is 9.84 Å². The summed E-state index contributed by atoms with van der Waals surface area (Å²) in [5.41, 5.74) is 4.92. The van der Waals surface area contributed by atoms with Crippen LogP contribution in [0.2, 0.25) is 0 Å². The van der Waals surface area contributed by atoms with Crippen LogP contribution in [0.4, 0.5) is 0 Å². The first-order valence-electron chi connectivity index (χ1n) is 9.27. The highest BCUT2D eigenvalue weighted by Crippen LogP contribution is 2.29. The van der Waals surface area contributed by atoms with Crippen LogP contribution < -0.4 is 4.74 Å². The van der Waals surface area contributed by atoms with Crippen molar-refractivity contribution in [1.29, 1.82) is 0 Å². The second-order valence-corrected chi connectivity index (χ2v) is 6.61. The fourth-order valence-corrected chi connectivity index (χ4v) is 3.08. The number of benzene rings is 3. The zero-order chi connectivity index (χ0) is 20.1. The molecule has 0 radical (unpaired) electrons. The largest absolute Gasteiger partial charge is 0.478 e. The Morgan fingerprint density at radius 3 is 2.14 bits per heavy atom. The number of carbonyl (C=O) groups is 1. The highest BCUT2D eigenvalue weighted by Gasteiger charge is 2.09. The molecule has 3 aromatic carbocycles. The number of hydrogen-bond donors (Lipinski definition) is 1. The third-order valence-electron chi connectivity index (χ3n) is 4.54. The average Bonchev–Trinajstić information content (AvgIpc) is 2.79. The lowest BCUT2D eigenvalue weighted by atomic mass is 10.0. The number of aromatic nitrogens is 1. The summed E-state index contributed by atoms with van der Waals surface area (Å²) in [4.78, 5) is 15.8. The van der Waals surface area contributed by atoms with Crippen LogP contribution in [0.1, 0.15) is 15.9 Å². The van der Waals surface area contributed by atoms with Gasteiger partial charge in [-0.3, -0.25) is 0 Å². The summed E-state index contributed by atoms with van der Waals surface area (Å²) in [6.07, 6.45) is 0. The molecule has 1 N–H and O–H groups in total. The number of nitrogens with zero attached hydrogens (tertiary/aromatic N) is 1. The number of carboxylic acids is 1. The second-order valence-electron chi connectivity index (χ2n) is 6.61. The van der Waals surface area contributed by atoms with Gasteiger partial charge in [-0.15, -0.1) is 0 Å². The monoisotopic (exact) mass is 381 g/mol. The molecule has 1 heterocycles. The SMILES string of the molecule is O=C(O)c1cccc(COc2cc(-c3ccccc3)cc(-c3ccccc3)n2)c1. The van der Waals surface area contributed by atoms with Crippen molar-refractivity contribution in [1.82, 2.24) is 4.98 Å². The van der Waals surface area contributed by atoms with Crippen molar-refractivity contribution in [2.45, 2.75) is 6.61 Å². The predicted octanol–water partition coefficient (Wildman–Crippen LogP) is 5.69. The molecule has 4 rings (SSSR count). The van der Waals surface area contributed by atoms with Crippen molar-refractivity contribution in [3.63, 3.8) is 0 Å². The second kappa shape index (κ2) is 8.40. The molecule has 0 amide bonds. The van der Waals surface area contributed by atoms with E-state index in [0.29, 0.717) is 5.88 Å². The first-order valence-corrected chi connectivity index (χ1v) is 9.27. The Bertz CT molecular complexity index is 1070. The lowest BCUT2D eigenvalue weighted by Crippen LogP contribution is -2.01. The van der Waals surface area contributed by atoms with E-state index in [4.69, 9.17) is 9.84 Å². The molecule has 0 unspecified atom stereocenters. The molecule has 0 bridgehead atoms. The number of pyridine rings is 1. The van der Waals surface area contributed by atoms with Crippen LogP contribution in [0.25, 0.3) is 22.4 Å². The number of aromatic carboxylic acids is 1. The minimum absolute atomic E-state index is 0.237. The summed E-state index contributed by atoms with van der Waals surface area (Å²) in [6.45, 7) is 0.237. The molecule has 4 heteroatoms. The van der Waals surface area contributed by atoms with E-state index in [-0.39, 0.29) is 12.2 Å². The third kappa shape index (κ3) is 4.50. The Morgan fingerprint density at radius 1 is 0.759 bits per heavy atom. The van der Waals surface area contributed by atoms with E-state index in [2.05, 4.69) is 4.98 Å². The number of rotatable bonds is 6. The summed E-state index contributed by atoms with van der Waals surface area (Å²) in [5.74, 6) is -0.464. The Balaban J connectivity index is 1.67. The van der Waals surface area contributed by atoms with E-state index >= 15 is 0 Å². The minimum atomic E-state index is -0.956. The molecule has 4 aromatic rings. The maximum atomic E-state index is 11.2. The number of hydrogen-bond acceptors (Lipinski definition) is 3. The van der Waals surface area contributed by atoms with Gasteiger partial charge >= 0.3 is 5.97 Å². The van der Waals surface area contributed by atoms with Crippen LogP contribution in [0.5, 0.6) is 5.88 Å². The van der Waals surface area contributed by atoms with Gasteiger partial charge in [-0.1, -0.05) is 72.8 Å². The lowest BCUT2D eigenvalue weighted by molar-refractivity contribution is 0.0696. The molecule has 0 spiro atoms. The molecule has 29 heavy (non-hydrogen) atoms. The van der Waals surface area contributed by atoms with Crippen LogP contribution in [-0.2, 0) is 6.61 Å². The molecule has 1 aromatic heterocycles. The van der Waals surface area contributed by atoms with Crippen LogP contribution in [0.3, 0.4) is 0 Å². The van der Waals surface area contributed by atoms with Gasteiger partial charge in [0, 0.05) is 11.6 Å². The molecule has 0 saturated carbocycles. The van der Waals surface area contributed by atoms with Gasteiger partial charge in [0.05, 0.1) is 11.3 Å². The molecule has 0 aliphatic heterocycles. The molecule has 0 atom stereocenters. The smallest absolute Gasteiger partial charge is 0.335 e. The standard InChI is InChI=1S/C25H19NO3/c27-25(28)21-13-7-8-18(14-21)17-29-24-16-22(19-9-3-1-4-10-19)15-23(26-24)20-11-5-2-6-12-20/h1-16H,17H2,(H,27,28). The average molecular weight is 381 g/mol. The quantitative estimate of drug-likeness (QED) is 0.466. The van der Waals surface area contributed by atoms with Crippen molar-refractivity contribution in [3.05, 3.63) is 108 Å². The molecule has 4 nitrogen and oxygen atoms in total. The van der Waals surface area contributed by atoms with E-state index in [1.54, 1.807) is 18.2 Å². The first-order chi connectivity index (χ1) is 14.2. The van der Waals surface area contributed by atoms with Crippen LogP contribution in [-0.4, -0.2) is 16.1 Å². The maximum absolute atomic E-state index is 11.2. The molecule has 142 valence electrons. The molecule has 0 aliphatic rings. The van der Waals surface area contributed by atoms with Crippen molar-refractivity contribution >= 4 is 5.97 Å². The lowest BCUT2D eigenvalue weighted by Gasteiger charge is -2.11. The summed E-state index contributed by atoms with van der Waals surface area (Å²) >= 11 is 0. The van der Waals surface area contributed by atoms with Gasteiger partial charge in [-0.2, -0.15) is 0 Å². The first kappa shape index (κ1) is 18.4. The number of carboxylic acid groups (broad SMARTS) is 1. The van der Waals surface area contributed by atoms with Gasteiger partial charge in [0.2, 0.25) is 5.88 Å². The van der Waals surface area contributed by atoms with E-state index < -0.39 is 5.97 Å². The van der Waals surface area contributed by atoms with Crippen molar-refractivity contribution in [2.24, 2.45) is 0 Å². The summed E-state index contributed by atoms with van der Waals surface area (Å²) in [7, 11) is 0. The normalized spacial score (nSPS) is 10.5. The number of ether oxygens (including phenoxy) is 1. The van der Waals surface area contributed by atoms with Gasteiger partial charge in [-0.25, -0.2) is 9.78 Å². The third-order valence-corrected chi connectivity index (χ3v) is 4.54. The predicted molar refractivity (Wildman–Crippen MR) is 113 cm³/mol. The van der Waals surface area contributed by atoms with Gasteiger partial charge in [0.25, 0.3) is 0 Å². The van der Waals surface area contributed by atoms with E-state index in [9.17, 15) is 4.79 Å². The Morgan fingerprint density at radius 2 is 1.45 bits per heavy atom. The van der Waals surface area contributed by atoms with Crippen molar-refractivity contribution in [2.75, 3.05) is 0 Å². The molecule has 0 saturated heterocycles. The fraction of sp³-hybridized carbons (Fsp3) is 0.0400. The zero-order valence-electron chi connectivity index (χ0n) is 15.7. The Hall–Kier alpha value is -3.92. The fourth-order valence-electron chi connectivity index (χ4n) is 3.08. The minimum Gasteiger partial charge on any atom is -0.478 e. The topological polar surface area (TPSA) is 59.4 Å². The molecular formula is C25H19NO3. The van der Waals surface area contributed by atoms with E-state index in [1.807, 2.05) is 78.9 Å². The molecule has 0 fully saturated rings. The Labute approximate surface area is 169 Å². The molecule has 0 aliphatic carbocycles. The maximum Gasteiger partial charge on any atom is 0.335 e. The molecular weight excluding hydrogens is 362 g/mol. The van der Waals surface area contributed by atoms with Gasteiger partial charge in [-0.05, 0) is 34.9 Å². The van der Waals surface area contributed by atoms with Gasteiger partial charge in [0.15, 0.2) is 0 Å². The van der Waals surface area contributed by atoms with Crippen molar-refractivity contribution < 1.29 is 14.6 Å². The summed E-state index contributed by atoms with van der Waals surface area (Å²) < 4.78 is 5.95. The van der Waals surface area contributed by atoms with Gasteiger partial charge in [0.1, 0.15) is 6.61 Å². The highest BCUT2D eigenvalue weighted by atomic mass is 16.5. The summed E-state index contributed by atoms with van der Waals surface area (Å²) in [5, 5.41) is 9.17. The van der Waals surface area contributed by atoms with Crippen LogP contribution >= 0.6 is 0 Å². The zero-order valence-corrected chi connectivity index (χ0v) is 15.7. The van der Waals surface area contributed by atoms with Crippen LogP contribution in [0, 0.1) is 0 Å².